The van der Waals surface area contributed by atoms with E-state index in [1.807, 2.05) is 19.1 Å². The van der Waals surface area contributed by atoms with Crippen LogP contribution in [0.4, 0.5) is 0 Å². The van der Waals surface area contributed by atoms with Gasteiger partial charge in [0, 0.05) is 34.4 Å². The average Bonchev–Trinajstić information content (AvgIpc) is 2.60. The molecule has 1 aliphatic carbocycles. The van der Waals surface area contributed by atoms with E-state index >= 15 is 0 Å². The highest BCUT2D eigenvalue weighted by molar-refractivity contribution is 6.35. The number of aromatic nitrogens is 1. The molecule has 0 fully saturated rings. The van der Waals surface area contributed by atoms with E-state index in [1.165, 1.54) is 0 Å². The van der Waals surface area contributed by atoms with E-state index in [2.05, 4.69) is 10.3 Å². The summed E-state index contributed by atoms with van der Waals surface area (Å²) < 4.78 is 0. The third kappa shape index (κ3) is 4.42. The molecule has 2 atom stereocenters. The van der Waals surface area contributed by atoms with E-state index in [9.17, 15) is 9.59 Å². The van der Waals surface area contributed by atoms with Crippen LogP contribution in [0.15, 0.2) is 30.5 Å². The normalized spacial score (nSPS) is 18.6. The SMILES string of the molecule is Cc1cc(Cl)cc(Cl)c1CNC(=O)C1CCC(CC(=O)O)c2ncccc21. The number of carboxylic acid groups (broad SMARTS) is 1. The third-order valence-electron chi connectivity index (χ3n) is 5.00. The number of rotatable bonds is 5. The van der Waals surface area contributed by atoms with Crippen molar-refractivity contribution in [3.05, 3.63) is 62.9 Å². The molecular weight excluding hydrogens is 387 g/mol. The first-order chi connectivity index (χ1) is 12.9. The number of carbonyl (C=O) groups is 2. The van der Waals surface area contributed by atoms with Gasteiger partial charge in [0.25, 0.3) is 0 Å². The maximum atomic E-state index is 12.8. The Morgan fingerprint density at radius 1 is 1.30 bits per heavy atom. The predicted octanol–water partition coefficient (Wildman–Crippen LogP) is 4.45. The van der Waals surface area contributed by atoms with Crippen molar-refractivity contribution in [3.63, 3.8) is 0 Å². The van der Waals surface area contributed by atoms with Gasteiger partial charge in [0.2, 0.25) is 5.91 Å². The first-order valence-corrected chi connectivity index (χ1v) is 9.51. The minimum atomic E-state index is -0.854. The molecule has 2 aromatic rings. The summed E-state index contributed by atoms with van der Waals surface area (Å²) in [5, 5.41) is 13.2. The molecule has 2 unspecified atom stereocenters. The topological polar surface area (TPSA) is 79.3 Å². The number of nitrogens with one attached hydrogen (secondary N) is 1. The zero-order chi connectivity index (χ0) is 19.6. The van der Waals surface area contributed by atoms with Crippen LogP contribution in [0.2, 0.25) is 10.0 Å². The van der Waals surface area contributed by atoms with Crippen LogP contribution >= 0.6 is 23.2 Å². The van der Waals surface area contributed by atoms with Crippen LogP contribution in [-0.4, -0.2) is 22.0 Å². The summed E-state index contributed by atoms with van der Waals surface area (Å²) in [4.78, 5) is 28.3. The number of hydrogen-bond donors (Lipinski definition) is 2. The number of aliphatic carboxylic acids is 1. The molecule has 3 rings (SSSR count). The second-order valence-electron chi connectivity index (χ2n) is 6.80. The molecular formula is C20H20Cl2N2O3. The van der Waals surface area contributed by atoms with Gasteiger partial charge in [-0.15, -0.1) is 0 Å². The number of amides is 1. The Morgan fingerprint density at radius 3 is 2.78 bits per heavy atom. The number of carboxylic acids is 1. The maximum Gasteiger partial charge on any atom is 0.304 e. The van der Waals surface area contributed by atoms with Crippen LogP contribution in [0.25, 0.3) is 0 Å². The van der Waals surface area contributed by atoms with Crippen molar-refractivity contribution in [2.75, 3.05) is 0 Å². The highest BCUT2D eigenvalue weighted by Crippen LogP contribution is 2.39. The molecule has 1 aliphatic rings. The lowest BCUT2D eigenvalue weighted by molar-refractivity contribution is -0.137. The van der Waals surface area contributed by atoms with Crippen molar-refractivity contribution in [2.45, 2.75) is 44.6 Å². The van der Waals surface area contributed by atoms with Gasteiger partial charge in [-0.2, -0.15) is 0 Å². The van der Waals surface area contributed by atoms with Gasteiger partial charge in [-0.25, -0.2) is 0 Å². The Hall–Kier alpha value is -2.11. The molecule has 0 bridgehead atoms. The minimum Gasteiger partial charge on any atom is -0.481 e. The maximum absolute atomic E-state index is 12.8. The lowest BCUT2D eigenvalue weighted by atomic mass is 9.78. The molecule has 0 spiro atoms. The van der Waals surface area contributed by atoms with Crippen molar-refractivity contribution >= 4 is 35.1 Å². The molecule has 27 heavy (non-hydrogen) atoms. The zero-order valence-electron chi connectivity index (χ0n) is 14.8. The summed E-state index contributed by atoms with van der Waals surface area (Å²) >= 11 is 12.2. The van der Waals surface area contributed by atoms with E-state index < -0.39 is 5.97 Å². The van der Waals surface area contributed by atoms with Gasteiger partial charge >= 0.3 is 5.97 Å². The van der Waals surface area contributed by atoms with E-state index in [1.54, 1.807) is 18.3 Å². The Balaban J connectivity index is 1.76. The lowest BCUT2D eigenvalue weighted by Crippen LogP contribution is -2.32. The largest absolute Gasteiger partial charge is 0.481 e. The number of fused-ring (bicyclic) bond motifs is 1. The number of hydrogen-bond acceptors (Lipinski definition) is 3. The highest BCUT2D eigenvalue weighted by atomic mass is 35.5. The summed E-state index contributed by atoms with van der Waals surface area (Å²) in [5.74, 6) is -1.46. The molecule has 1 aromatic heterocycles. The van der Waals surface area contributed by atoms with E-state index in [0.29, 0.717) is 35.1 Å². The van der Waals surface area contributed by atoms with Gasteiger partial charge < -0.3 is 10.4 Å². The van der Waals surface area contributed by atoms with Crippen LogP contribution in [0, 0.1) is 6.92 Å². The second-order valence-corrected chi connectivity index (χ2v) is 7.65. The van der Waals surface area contributed by atoms with Crippen molar-refractivity contribution < 1.29 is 14.7 Å². The summed E-state index contributed by atoms with van der Waals surface area (Å²) in [6.07, 6.45) is 2.88. The highest BCUT2D eigenvalue weighted by Gasteiger charge is 2.33. The molecule has 0 aliphatic heterocycles. The predicted molar refractivity (Wildman–Crippen MR) is 104 cm³/mol. The van der Waals surface area contributed by atoms with Crippen molar-refractivity contribution in [1.82, 2.24) is 10.3 Å². The first kappa shape index (κ1) is 19.6. The molecule has 142 valence electrons. The fourth-order valence-electron chi connectivity index (χ4n) is 3.66. The summed E-state index contributed by atoms with van der Waals surface area (Å²) in [6, 6.07) is 7.11. The summed E-state index contributed by atoms with van der Waals surface area (Å²) in [5.41, 5.74) is 3.28. The molecule has 1 aromatic carbocycles. The Labute approximate surface area is 167 Å². The van der Waals surface area contributed by atoms with Crippen LogP contribution in [-0.2, 0) is 16.1 Å². The summed E-state index contributed by atoms with van der Waals surface area (Å²) in [7, 11) is 0. The van der Waals surface area contributed by atoms with Crippen molar-refractivity contribution in [3.8, 4) is 0 Å². The molecule has 1 amide bonds. The standard InChI is InChI=1S/C20H20Cl2N2O3/c1-11-7-13(21)9-17(22)16(11)10-24-20(27)15-5-4-12(8-18(25)26)19-14(15)3-2-6-23-19/h2-3,6-7,9,12,15H,4-5,8,10H2,1H3,(H,24,27)(H,25,26). The number of benzene rings is 1. The van der Waals surface area contributed by atoms with Crippen LogP contribution in [0.1, 0.15) is 53.5 Å². The van der Waals surface area contributed by atoms with E-state index in [-0.39, 0.29) is 24.2 Å². The fraction of sp³-hybridized carbons (Fsp3) is 0.350. The van der Waals surface area contributed by atoms with E-state index in [4.69, 9.17) is 28.3 Å². The zero-order valence-corrected chi connectivity index (χ0v) is 16.3. The number of carbonyl (C=O) groups excluding carboxylic acids is 1. The Bertz CT molecular complexity index is 862. The smallest absolute Gasteiger partial charge is 0.304 e. The van der Waals surface area contributed by atoms with Crippen molar-refractivity contribution in [2.24, 2.45) is 0 Å². The van der Waals surface area contributed by atoms with Crippen LogP contribution in [0.5, 0.6) is 0 Å². The monoisotopic (exact) mass is 406 g/mol. The van der Waals surface area contributed by atoms with Crippen molar-refractivity contribution in [1.29, 1.82) is 0 Å². The van der Waals surface area contributed by atoms with E-state index in [0.717, 1.165) is 16.7 Å². The van der Waals surface area contributed by atoms with Crippen LogP contribution in [0.3, 0.4) is 0 Å². The van der Waals surface area contributed by atoms with Gasteiger partial charge in [-0.3, -0.25) is 14.6 Å². The molecule has 2 N–H and O–H groups in total. The fourth-order valence-corrected chi connectivity index (χ4v) is 4.32. The molecule has 0 radical (unpaired) electrons. The van der Waals surface area contributed by atoms with Gasteiger partial charge in [-0.1, -0.05) is 29.3 Å². The number of halogens is 2. The Kier molecular flexibility index (Phi) is 6.02. The van der Waals surface area contributed by atoms with Gasteiger partial charge in [0.05, 0.1) is 12.3 Å². The second kappa shape index (κ2) is 8.28. The average molecular weight is 407 g/mol. The molecule has 0 saturated heterocycles. The first-order valence-electron chi connectivity index (χ1n) is 8.75. The number of pyridine rings is 1. The van der Waals surface area contributed by atoms with Gasteiger partial charge in [0.1, 0.15) is 0 Å². The third-order valence-corrected chi connectivity index (χ3v) is 5.55. The summed E-state index contributed by atoms with van der Waals surface area (Å²) in [6.45, 7) is 2.21. The Morgan fingerprint density at radius 2 is 2.07 bits per heavy atom. The molecule has 1 heterocycles. The lowest BCUT2D eigenvalue weighted by Gasteiger charge is -2.29. The van der Waals surface area contributed by atoms with Gasteiger partial charge in [-0.05, 0) is 54.7 Å². The number of aryl methyl sites for hydroxylation is 1. The quantitative estimate of drug-likeness (QED) is 0.768. The molecule has 7 heteroatoms. The molecule has 5 nitrogen and oxygen atoms in total. The van der Waals surface area contributed by atoms with Crippen LogP contribution < -0.4 is 5.32 Å². The van der Waals surface area contributed by atoms with Gasteiger partial charge in [0.15, 0.2) is 0 Å². The number of nitrogens with zero attached hydrogens (tertiary/aromatic N) is 1. The minimum absolute atomic E-state index is 0.0257. The molecule has 0 saturated carbocycles.